The van der Waals surface area contributed by atoms with Gasteiger partial charge in [-0.25, -0.2) is 0 Å². The highest BCUT2D eigenvalue weighted by Gasteiger charge is 2.12. The number of halogens is 1. The molecule has 76 valence electrons. The summed E-state index contributed by atoms with van der Waals surface area (Å²) in [7, 11) is 0. The van der Waals surface area contributed by atoms with E-state index < -0.39 is 0 Å². The van der Waals surface area contributed by atoms with E-state index in [1.807, 2.05) is 5.38 Å². The number of carbonyl (C=O) groups excluding carboxylic acids is 1. The van der Waals surface area contributed by atoms with Crippen molar-refractivity contribution in [3.63, 3.8) is 0 Å². The average Bonchev–Trinajstić information content (AvgIpc) is 2.74. The third-order valence-corrected chi connectivity index (χ3v) is 2.96. The van der Waals surface area contributed by atoms with E-state index in [-0.39, 0.29) is 5.78 Å². The molecule has 1 heterocycles. The Kier molecular flexibility index (Phi) is 2.75. The number of hydrogen-bond acceptors (Lipinski definition) is 3. The van der Waals surface area contributed by atoms with Crippen LogP contribution in [0, 0.1) is 0 Å². The molecule has 0 saturated carbocycles. The SMILES string of the molecule is Nc1ccc(Cl)cc1C(=O)c1ccsc1. The highest BCUT2D eigenvalue weighted by atomic mass is 35.5. The van der Waals surface area contributed by atoms with Gasteiger partial charge in [0.1, 0.15) is 0 Å². The molecule has 0 radical (unpaired) electrons. The molecule has 0 aliphatic carbocycles. The molecule has 2 nitrogen and oxygen atoms in total. The number of hydrogen-bond donors (Lipinski definition) is 1. The van der Waals surface area contributed by atoms with E-state index >= 15 is 0 Å². The van der Waals surface area contributed by atoms with Gasteiger partial charge in [-0.2, -0.15) is 11.3 Å². The largest absolute Gasteiger partial charge is 0.398 e. The molecular formula is C11H8ClNOS. The summed E-state index contributed by atoms with van der Waals surface area (Å²) in [5.41, 5.74) is 7.28. The number of anilines is 1. The van der Waals surface area contributed by atoms with Crippen LogP contribution in [-0.4, -0.2) is 5.78 Å². The van der Waals surface area contributed by atoms with Crippen LogP contribution in [-0.2, 0) is 0 Å². The van der Waals surface area contributed by atoms with Crippen molar-refractivity contribution in [2.24, 2.45) is 0 Å². The van der Waals surface area contributed by atoms with Crippen LogP contribution in [0.25, 0.3) is 0 Å². The van der Waals surface area contributed by atoms with E-state index in [9.17, 15) is 4.79 Å². The molecule has 2 rings (SSSR count). The lowest BCUT2D eigenvalue weighted by Crippen LogP contribution is -2.03. The van der Waals surface area contributed by atoms with E-state index in [1.165, 1.54) is 11.3 Å². The van der Waals surface area contributed by atoms with E-state index in [0.717, 1.165) is 0 Å². The van der Waals surface area contributed by atoms with Crippen molar-refractivity contribution >= 4 is 34.4 Å². The van der Waals surface area contributed by atoms with Gasteiger partial charge in [-0.05, 0) is 29.6 Å². The Bertz CT molecular complexity index is 493. The minimum atomic E-state index is -0.0868. The number of rotatable bonds is 2. The molecule has 0 spiro atoms. The molecule has 0 bridgehead atoms. The second-order valence-electron chi connectivity index (χ2n) is 3.07. The van der Waals surface area contributed by atoms with Crippen molar-refractivity contribution in [2.45, 2.75) is 0 Å². The summed E-state index contributed by atoms with van der Waals surface area (Å²) in [5, 5.41) is 4.17. The van der Waals surface area contributed by atoms with Gasteiger partial charge in [0.05, 0.1) is 0 Å². The summed E-state index contributed by atoms with van der Waals surface area (Å²) in [6, 6.07) is 6.67. The normalized spacial score (nSPS) is 10.2. The molecule has 0 amide bonds. The topological polar surface area (TPSA) is 43.1 Å². The first-order chi connectivity index (χ1) is 7.18. The highest BCUT2D eigenvalue weighted by Crippen LogP contribution is 2.21. The first-order valence-electron chi connectivity index (χ1n) is 4.30. The van der Waals surface area contributed by atoms with E-state index in [1.54, 1.807) is 29.6 Å². The number of carbonyl (C=O) groups is 1. The quantitative estimate of drug-likeness (QED) is 0.644. The summed E-state index contributed by atoms with van der Waals surface area (Å²) in [4.78, 5) is 11.9. The molecule has 0 atom stereocenters. The van der Waals surface area contributed by atoms with Crippen LogP contribution in [0.15, 0.2) is 35.0 Å². The fourth-order valence-electron chi connectivity index (χ4n) is 1.27. The molecule has 1 aromatic carbocycles. The van der Waals surface area contributed by atoms with E-state index in [4.69, 9.17) is 17.3 Å². The van der Waals surface area contributed by atoms with Crippen molar-refractivity contribution in [3.8, 4) is 0 Å². The lowest BCUT2D eigenvalue weighted by Gasteiger charge is -2.03. The van der Waals surface area contributed by atoms with Crippen molar-refractivity contribution in [3.05, 3.63) is 51.2 Å². The zero-order chi connectivity index (χ0) is 10.8. The lowest BCUT2D eigenvalue weighted by molar-refractivity contribution is 0.104. The Labute approximate surface area is 96.3 Å². The molecule has 0 aliphatic heterocycles. The summed E-state index contributed by atoms with van der Waals surface area (Å²) in [6.45, 7) is 0. The smallest absolute Gasteiger partial charge is 0.195 e. The zero-order valence-electron chi connectivity index (χ0n) is 7.74. The minimum Gasteiger partial charge on any atom is -0.398 e. The first-order valence-corrected chi connectivity index (χ1v) is 5.62. The number of nitrogens with two attached hydrogens (primary N) is 1. The second kappa shape index (κ2) is 4.04. The molecule has 15 heavy (non-hydrogen) atoms. The maximum Gasteiger partial charge on any atom is 0.195 e. The monoisotopic (exact) mass is 237 g/mol. The van der Waals surface area contributed by atoms with Crippen LogP contribution in [0.4, 0.5) is 5.69 Å². The summed E-state index contributed by atoms with van der Waals surface area (Å²) < 4.78 is 0. The maximum atomic E-state index is 11.9. The number of ketones is 1. The van der Waals surface area contributed by atoms with E-state index in [2.05, 4.69) is 0 Å². The van der Waals surface area contributed by atoms with Crippen molar-refractivity contribution < 1.29 is 4.79 Å². The first kappa shape index (κ1) is 10.2. The van der Waals surface area contributed by atoms with Crippen molar-refractivity contribution in [2.75, 3.05) is 5.73 Å². The Hall–Kier alpha value is -1.32. The van der Waals surface area contributed by atoms with Gasteiger partial charge in [-0.15, -0.1) is 0 Å². The standard InChI is InChI=1S/C11H8ClNOS/c12-8-1-2-10(13)9(5-8)11(14)7-3-4-15-6-7/h1-6H,13H2. The van der Waals surface area contributed by atoms with E-state index in [0.29, 0.717) is 21.8 Å². The fraction of sp³-hybridized carbons (Fsp3) is 0. The van der Waals surface area contributed by atoms with Crippen molar-refractivity contribution in [1.82, 2.24) is 0 Å². The van der Waals surface area contributed by atoms with Crippen LogP contribution in [0.3, 0.4) is 0 Å². The average molecular weight is 238 g/mol. The molecule has 1 aromatic heterocycles. The predicted octanol–water partition coefficient (Wildman–Crippen LogP) is 3.21. The van der Waals surface area contributed by atoms with Crippen LogP contribution in [0.5, 0.6) is 0 Å². The van der Waals surface area contributed by atoms with Crippen LogP contribution in [0.2, 0.25) is 5.02 Å². The fourth-order valence-corrected chi connectivity index (χ4v) is 2.08. The Morgan fingerprint density at radius 2 is 2.13 bits per heavy atom. The third-order valence-electron chi connectivity index (χ3n) is 2.04. The summed E-state index contributed by atoms with van der Waals surface area (Å²) >= 11 is 7.30. The van der Waals surface area contributed by atoms with Gasteiger partial charge in [0.25, 0.3) is 0 Å². The number of thiophene rings is 1. The van der Waals surface area contributed by atoms with Gasteiger partial charge >= 0.3 is 0 Å². The van der Waals surface area contributed by atoms with Gasteiger partial charge in [0.2, 0.25) is 0 Å². The van der Waals surface area contributed by atoms with Gasteiger partial charge < -0.3 is 5.73 Å². The molecule has 0 fully saturated rings. The predicted molar refractivity (Wildman–Crippen MR) is 63.6 cm³/mol. The van der Waals surface area contributed by atoms with Gasteiger partial charge in [0, 0.05) is 27.2 Å². The Morgan fingerprint density at radius 1 is 1.33 bits per heavy atom. The van der Waals surface area contributed by atoms with Crippen molar-refractivity contribution in [1.29, 1.82) is 0 Å². The molecule has 0 saturated heterocycles. The number of benzene rings is 1. The molecule has 0 unspecified atom stereocenters. The summed E-state index contributed by atoms with van der Waals surface area (Å²) in [6.07, 6.45) is 0. The molecule has 0 aliphatic rings. The lowest BCUT2D eigenvalue weighted by atomic mass is 10.0. The Morgan fingerprint density at radius 3 is 2.80 bits per heavy atom. The second-order valence-corrected chi connectivity index (χ2v) is 4.29. The number of nitrogen functional groups attached to an aromatic ring is 1. The van der Waals surface area contributed by atoms with Crippen LogP contribution < -0.4 is 5.73 Å². The summed E-state index contributed by atoms with van der Waals surface area (Å²) in [5.74, 6) is -0.0868. The molecule has 2 aromatic rings. The molecular weight excluding hydrogens is 230 g/mol. The van der Waals surface area contributed by atoms with Gasteiger partial charge in [-0.3, -0.25) is 4.79 Å². The van der Waals surface area contributed by atoms with Gasteiger partial charge in [0.15, 0.2) is 5.78 Å². The maximum absolute atomic E-state index is 11.9. The van der Waals surface area contributed by atoms with Crippen LogP contribution >= 0.6 is 22.9 Å². The third kappa shape index (κ3) is 2.03. The van der Waals surface area contributed by atoms with Gasteiger partial charge in [-0.1, -0.05) is 11.6 Å². The van der Waals surface area contributed by atoms with Crippen LogP contribution in [0.1, 0.15) is 15.9 Å². The highest BCUT2D eigenvalue weighted by molar-refractivity contribution is 7.08. The zero-order valence-corrected chi connectivity index (χ0v) is 9.31. The molecule has 2 N–H and O–H groups in total. The molecule has 4 heteroatoms. The minimum absolute atomic E-state index is 0.0868. The Balaban J connectivity index is 2.46.